The quantitative estimate of drug-likeness (QED) is 0.581. The molecule has 0 aliphatic carbocycles. The zero-order valence-electron chi connectivity index (χ0n) is 7.30. The van der Waals surface area contributed by atoms with Gasteiger partial charge in [-0.25, -0.2) is 9.79 Å². The zero-order valence-corrected chi connectivity index (χ0v) is 10.5. The van der Waals surface area contributed by atoms with E-state index >= 15 is 0 Å². The fourth-order valence-electron chi connectivity index (χ4n) is 0.874. The third kappa shape index (κ3) is 2.91. The first-order valence-corrected chi connectivity index (χ1v) is 5.42. The summed E-state index contributed by atoms with van der Waals surface area (Å²) in [5.74, 6) is -0.305. The number of esters is 1. The summed E-state index contributed by atoms with van der Waals surface area (Å²) in [6.07, 6.45) is 0.409. The van der Waals surface area contributed by atoms with Crippen LogP contribution in [0.3, 0.4) is 0 Å². The van der Waals surface area contributed by atoms with Crippen molar-refractivity contribution in [1.82, 2.24) is 0 Å². The second-order valence-electron chi connectivity index (χ2n) is 2.89. The first-order chi connectivity index (χ1) is 6.00. The van der Waals surface area contributed by atoms with Gasteiger partial charge in [-0.1, -0.05) is 0 Å². The largest absolute Gasteiger partial charge is 0.460 e. The van der Waals surface area contributed by atoms with Crippen LogP contribution in [0, 0.1) is 0 Å². The van der Waals surface area contributed by atoms with Crippen molar-refractivity contribution in [3.63, 3.8) is 0 Å². The van der Waals surface area contributed by atoms with Crippen molar-refractivity contribution in [1.29, 1.82) is 0 Å². The molecule has 0 aromatic carbocycles. The Morgan fingerprint density at radius 3 is 2.54 bits per heavy atom. The Morgan fingerprint density at radius 2 is 2.15 bits per heavy atom. The Kier molecular flexibility index (Phi) is 3.67. The first kappa shape index (κ1) is 10.9. The maximum atomic E-state index is 11.4. The SMILES string of the molecule is CC(C)OC(=O)C1=C(Br)N=C(Br)C1. The molecule has 1 aliphatic rings. The first-order valence-electron chi connectivity index (χ1n) is 3.83. The molecule has 0 fully saturated rings. The number of halogens is 2. The molecule has 3 nitrogen and oxygen atoms in total. The Labute approximate surface area is 93.5 Å². The van der Waals surface area contributed by atoms with Crippen molar-refractivity contribution in [2.24, 2.45) is 4.99 Å². The van der Waals surface area contributed by atoms with Crippen LogP contribution >= 0.6 is 31.9 Å². The number of carbonyl (C=O) groups excluding carboxylic acids is 1. The molecule has 0 unspecified atom stereocenters. The van der Waals surface area contributed by atoms with Gasteiger partial charge in [-0.2, -0.15) is 0 Å². The van der Waals surface area contributed by atoms with Gasteiger partial charge in [0.15, 0.2) is 0 Å². The molecule has 5 heteroatoms. The molecule has 0 aromatic rings. The van der Waals surface area contributed by atoms with E-state index in [1.807, 2.05) is 13.8 Å². The molecule has 0 saturated heterocycles. The molecular formula is C8H9Br2NO2. The van der Waals surface area contributed by atoms with Crippen LogP contribution in [-0.2, 0) is 9.53 Å². The third-order valence-corrected chi connectivity index (χ3v) is 2.49. The lowest BCUT2D eigenvalue weighted by Crippen LogP contribution is -2.13. The van der Waals surface area contributed by atoms with Gasteiger partial charge in [-0.15, -0.1) is 0 Å². The van der Waals surface area contributed by atoms with E-state index in [1.54, 1.807) is 0 Å². The summed E-state index contributed by atoms with van der Waals surface area (Å²) in [4.78, 5) is 15.4. The molecule has 72 valence electrons. The molecule has 0 N–H and O–H groups in total. The normalized spacial score (nSPS) is 16.5. The van der Waals surface area contributed by atoms with Gasteiger partial charge in [0.25, 0.3) is 0 Å². The maximum Gasteiger partial charge on any atom is 0.337 e. The van der Waals surface area contributed by atoms with E-state index in [2.05, 4.69) is 36.9 Å². The average molecular weight is 311 g/mol. The number of rotatable bonds is 2. The molecule has 0 saturated carbocycles. The van der Waals surface area contributed by atoms with Crippen molar-refractivity contribution in [2.45, 2.75) is 26.4 Å². The van der Waals surface area contributed by atoms with Crippen LogP contribution in [0.25, 0.3) is 0 Å². The highest BCUT2D eigenvalue weighted by Crippen LogP contribution is 2.27. The minimum Gasteiger partial charge on any atom is -0.460 e. The van der Waals surface area contributed by atoms with E-state index in [4.69, 9.17) is 4.74 Å². The van der Waals surface area contributed by atoms with Crippen LogP contribution in [0.2, 0.25) is 0 Å². The highest BCUT2D eigenvalue weighted by molar-refractivity contribution is 9.18. The molecule has 13 heavy (non-hydrogen) atoms. The molecule has 1 rings (SSSR count). The average Bonchev–Trinajstić information content (AvgIpc) is 2.28. The number of nitrogens with zero attached hydrogens (tertiary/aromatic N) is 1. The number of aliphatic imine (C=N–C) groups is 1. The van der Waals surface area contributed by atoms with Gasteiger partial charge in [-0.05, 0) is 45.7 Å². The third-order valence-electron chi connectivity index (χ3n) is 1.38. The maximum absolute atomic E-state index is 11.4. The lowest BCUT2D eigenvalue weighted by molar-refractivity contribution is -0.142. The van der Waals surface area contributed by atoms with E-state index in [1.165, 1.54) is 0 Å². The van der Waals surface area contributed by atoms with Gasteiger partial charge in [0.2, 0.25) is 0 Å². The van der Waals surface area contributed by atoms with Crippen molar-refractivity contribution < 1.29 is 9.53 Å². The zero-order chi connectivity index (χ0) is 10.0. The topological polar surface area (TPSA) is 38.7 Å². The predicted molar refractivity (Wildman–Crippen MR) is 58.2 cm³/mol. The molecule has 0 radical (unpaired) electrons. The summed E-state index contributed by atoms with van der Waals surface area (Å²) in [6, 6.07) is 0. The van der Waals surface area contributed by atoms with Gasteiger partial charge in [0, 0.05) is 6.42 Å². The second kappa shape index (κ2) is 4.37. The number of ether oxygens (including phenoxy) is 1. The number of carbonyl (C=O) groups is 1. The van der Waals surface area contributed by atoms with Crippen LogP contribution < -0.4 is 0 Å². The summed E-state index contributed by atoms with van der Waals surface area (Å²) in [7, 11) is 0. The standard InChI is InChI=1S/C8H9Br2NO2/c1-4(2)13-8(12)5-3-6(9)11-7(5)10/h4H,3H2,1-2H3. The Balaban J connectivity index is 2.66. The lowest BCUT2D eigenvalue weighted by Gasteiger charge is -2.07. The summed E-state index contributed by atoms with van der Waals surface area (Å²) < 4.78 is 6.34. The van der Waals surface area contributed by atoms with Crippen molar-refractivity contribution >= 4 is 42.5 Å². The Hall–Kier alpha value is -0.160. The minimum absolute atomic E-state index is 0.0975. The minimum atomic E-state index is -0.305. The number of hydrogen-bond donors (Lipinski definition) is 0. The van der Waals surface area contributed by atoms with Crippen molar-refractivity contribution in [3.05, 3.63) is 10.2 Å². The van der Waals surface area contributed by atoms with Gasteiger partial charge < -0.3 is 4.74 Å². The Bertz CT molecular complexity index is 295. The fourth-order valence-corrected chi connectivity index (χ4v) is 2.09. The lowest BCUT2D eigenvalue weighted by atomic mass is 10.2. The highest BCUT2D eigenvalue weighted by Gasteiger charge is 2.22. The summed E-state index contributed by atoms with van der Waals surface area (Å²) in [5.41, 5.74) is 0.570. The molecule has 0 atom stereocenters. The van der Waals surface area contributed by atoms with Crippen LogP contribution in [-0.4, -0.2) is 16.7 Å². The highest BCUT2D eigenvalue weighted by atomic mass is 79.9. The van der Waals surface area contributed by atoms with E-state index < -0.39 is 0 Å². The monoisotopic (exact) mass is 309 g/mol. The van der Waals surface area contributed by atoms with E-state index in [9.17, 15) is 4.79 Å². The van der Waals surface area contributed by atoms with Crippen molar-refractivity contribution in [3.8, 4) is 0 Å². The van der Waals surface area contributed by atoms with Crippen LogP contribution in [0.5, 0.6) is 0 Å². The van der Waals surface area contributed by atoms with E-state index in [0.717, 1.165) is 4.62 Å². The summed E-state index contributed by atoms with van der Waals surface area (Å²) in [6.45, 7) is 3.63. The number of hydrogen-bond acceptors (Lipinski definition) is 3. The van der Waals surface area contributed by atoms with Crippen LogP contribution in [0.15, 0.2) is 15.2 Å². The molecule has 1 aliphatic heterocycles. The van der Waals surface area contributed by atoms with E-state index in [0.29, 0.717) is 16.6 Å². The van der Waals surface area contributed by atoms with Crippen LogP contribution in [0.1, 0.15) is 20.3 Å². The second-order valence-corrected chi connectivity index (χ2v) is 4.55. The molecule has 0 spiro atoms. The fraction of sp³-hybridized carbons (Fsp3) is 0.500. The van der Waals surface area contributed by atoms with Gasteiger partial charge in [0.05, 0.1) is 16.3 Å². The van der Waals surface area contributed by atoms with Gasteiger partial charge in [-0.3, -0.25) is 0 Å². The van der Waals surface area contributed by atoms with E-state index in [-0.39, 0.29) is 12.1 Å². The molecule has 1 heterocycles. The predicted octanol–water partition coefficient (Wildman–Crippen LogP) is 2.74. The van der Waals surface area contributed by atoms with Gasteiger partial charge in [0.1, 0.15) is 4.61 Å². The molecular weight excluding hydrogens is 302 g/mol. The summed E-state index contributed by atoms with van der Waals surface area (Å²) in [5, 5.41) is 0. The van der Waals surface area contributed by atoms with Crippen molar-refractivity contribution in [2.75, 3.05) is 0 Å². The molecule has 0 aromatic heterocycles. The molecule has 0 bridgehead atoms. The Morgan fingerprint density at radius 1 is 1.54 bits per heavy atom. The smallest absolute Gasteiger partial charge is 0.337 e. The van der Waals surface area contributed by atoms with Crippen LogP contribution in [0.4, 0.5) is 0 Å². The summed E-state index contributed by atoms with van der Waals surface area (Å²) >= 11 is 6.42. The molecule has 0 amide bonds. The van der Waals surface area contributed by atoms with Gasteiger partial charge >= 0.3 is 5.97 Å².